The van der Waals surface area contributed by atoms with E-state index in [2.05, 4.69) is 6.92 Å². The molecule has 0 amide bonds. The highest BCUT2D eigenvalue weighted by Crippen LogP contribution is 2.38. The molecular formula is C15H24O2. The molecule has 1 unspecified atom stereocenters. The van der Waals surface area contributed by atoms with Gasteiger partial charge in [-0.05, 0) is 24.8 Å². The molecule has 1 N–H and O–H groups in total. The van der Waals surface area contributed by atoms with Crippen molar-refractivity contribution < 1.29 is 9.84 Å². The van der Waals surface area contributed by atoms with Crippen LogP contribution in [0.5, 0.6) is 5.75 Å². The summed E-state index contributed by atoms with van der Waals surface area (Å²) in [4.78, 5) is 0. The Bertz CT molecular complexity index is 347. The Hall–Kier alpha value is -1.02. The zero-order valence-corrected chi connectivity index (χ0v) is 11.4. The second kappa shape index (κ2) is 6.06. The Kier molecular flexibility index (Phi) is 5.01. The molecule has 0 aliphatic heterocycles. The van der Waals surface area contributed by atoms with E-state index in [1.165, 1.54) is 0 Å². The van der Waals surface area contributed by atoms with Gasteiger partial charge in [0.05, 0.1) is 12.2 Å². The van der Waals surface area contributed by atoms with Gasteiger partial charge in [-0.3, -0.25) is 0 Å². The van der Waals surface area contributed by atoms with E-state index in [0.29, 0.717) is 13.0 Å². The van der Waals surface area contributed by atoms with Crippen LogP contribution in [-0.4, -0.2) is 11.7 Å². The van der Waals surface area contributed by atoms with E-state index in [0.717, 1.165) is 17.7 Å². The highest BCUT2D eigenvalue weighted by atomic mass is 16.5. The van der Waals surface area contributed by atoms with E-state index in [-0.39, 0.29) is 5.92 Å². The summed E-state index contributed by atoms with van der Waals surface area (Å²) in [5, 5.41) is 10.8. The average Bonchev–Trinajstić information content (AvgIpc) is 2.35. The molecule has 0 aliphatic carbocycles. The molecule has 0 aromatic heterocycles. The van der Waals surface area contributed by atoms with E-state index in [1.54, 1.807) is 0 Å². The lowest BCUT2D eigenvalue weighted by molar-refractivity contribution is -0.0163. The van der Waals surface area contributed by atoms with Crippen LogP contribution in [0.15, 0.2) is 24.3 Å². The van der Waals surface area contributed by atoms with Gasteiger partial charge in [0.1, 0.15) is 5.75 Å². The number of hydrogen-bond donors (Lipinski definition) is 1. The maximum atomic E-state index is 10.8. The lowest BCUT2D eigenvalue weighted by Crippen LogP contribution is -2.31. The second-order valence-electron chi connectivity index (χ2n) is 4.78. The molecule has 0 radical (unpaired) electrons. The minimum atomic E-state index is -0.801. The Morgan fingerprint density at radius 3 is 2.41 bits per heavy atom. The Balaban J connectivity index is 3.10. The van der Waals surface area contributed by atoms with Crippen molar-refractivity contribution in [3.63, 3.8) is 0 Å². The van der Waals surface area contributed by atoms with Crippen LogP contribution in [0, 0.1) is 5.92 Å². The topological polar surface area (TPSA) is 29.5 Å². The van der Waals surface area contributed by atoms with Crippen molar-refractivity contribution in [3.8, 4) is 5.75 Å². The Morgan fingerprint density at radius 1 is 1.24 bits per heavy atom. The molecule has 0 aliphatic rings. The second-order valence-corrected chi connectivity index (χ2v) is 4.78. The largest absolute Gasteiger partial charge is 0.493 e. The predicted molar refractivity (Wildman–Crippen MR) is 71.3 cm³/mol. The quantitative estimate of drug-likeness (QED) is 0.815. The van der Waals surface area contributed by atoms with E-state index in [1.807, 2.05) is 45.0 Å². The van der Waals surface area contributed by atoms with E-state index in [9.17, 15) is 5.11 Å². The first kappa shape index (κ1) is 14.0. The first-order valence-corrected chi connectivity index (χ1v) is 6.50. The summed E-state index contributed by atoms with van der Waals surface area (Å²) in [6, 6.07) is 7.81. The van der Waals surface area contributed by atoms with Crippen molar-refractivity contribution >= 4 is 0 Å². The molecule has 2 heteroatoms. The number of aliphatic hydroxyl groups is 1. The zero-order valence-electron chi connectivity index (χ0n) is 11.4. The van der Waals surface area contributed by atoms with E-state index >= 15 is 0 Å². The summed E-state index contributed by atoms with van der Waals surface area (Å²) < 4.78 is 5.72. The number of ether oxygens (including phenoxy) is 1. The van der Waals surface area contributed by atoms with Crippen molar-refractivity contribution in [1.82, 2.24) is 0 Å². The standard InChI is InChI=1S/C15H24O2/c1-5-11-17-14-10-8-7-9-13(14)15(16,6-2)12(3)4/h7-10,12,16H,5-6,11H2,1-4H3. The molecule has 0 heterocycles. The molecule has 17 heavy (non-hydrogen) atoms. The van der Waals surface area contributed by atoms with Gasteiger partial charge in [0.15, 0.2) is 0 Å². The number of rotatable bonds is 6. The average molecular weight is 236 g/mol. The fraction of sp³-hybridized carbons (Fsp3) is 0.600. The summed E-state index contributed by atoms with van der Waals surface area (Å²) >= 11 is 0. The van der Waals surface area contributed by atoms with Gasteiger partial charge in [0, 0.05) is 5.56 Å². The van der Waals surface area contributed by atoms with Gasteiger partial charge in [-0.2, -0.15) is 0 Å². The van der Waals surface area contributed by atoms with Crippen LogP contribution < -0.4 is 4.74 Å². The fourth-order valence-corrected chi connectivity index (χ4v) is 2.07. The van der Waals surface area contributed by atoms with Crippen LogP contribution in [0.4, 0.5) is 0 Å². The van der Waals surface area contributed by atoms with Crippen molar-refractivity contribution in [2.75, 3.05) is 6.61 Å². The maximum absolute atomic E-state index is 10.8. The van der Waals surface area contributed by atoms with Crippen molar-refractivity contribution in [2.24, 2.45) is 5.92 Å². The van der Waals surface area contributed by atoms with Crippen LogP contribution in [-0.2, 0) is 5.60 Å². The highest BCUT2D eigenvalue weighted by Gasteiger charge is 2.33. The monoisotopic (exact) mass is 236 g/mol. The Morgan fingerprint density at radius 2 is 1.88 bits per heavy atom. The summed E-state index contributed by atoms with van der Waals surface area (Å²) in [6.45, 7) is 8.86. The van der Waals surface area contributed by atoms with Gasteiger partial charge in [-0.25, -0.2) is 0 Å². The SMILES string of the molecule is CCCOc1ccccc1C(O)(CC)C(C)C. The van der Waals surface area contributed by atoms with E-state index in [4.69, 9.17) is 4.74 Å². The first-order valence-electron chi connectivity index (χ1n) is 6.50. The molecule has 1 aromatic carbocycles. The Labute approximate surface area is 105 Å². The smallest absolute Gasteiger partial charge is 0.125 e. The van der Waals surface area contributed by atoms with Gasteiger partial charge >= 0.3 is 0 Å². The number of para-hydroxylation sites is 1. The molecule has 1 aromatic rings. The first-order chi connectivity index (χ1) is 8.06. The van der Waals surface area contributed by atoms with Gasteiger partial charge in [-0.1, -0.05) is 45.9 Å². The third-order valence-corrected chi connectivity index (χ3v) is 3.31. The molecule has 0 spiro atoms. The number of hydrogen-bond acceptors (Lipinski definition) is 2. The predicted octanol–water partition coefficient (Wildman–Crippen LogP) is 3.73. The van der Waals surface area contributed by atoms with Gasteiger partial charge < -0.3 is 9.84 Å². The lowest BCUT2D eigenvalue weighted by Gasteiger charge is -2.33. The molecule has 1 atom stereocenters. The molecule has 0 fully saturated rings. The molecule has 1 rings (SSSR count). The van der Waals surface area contributed by atoms with Crippen LogP contribution in [0.1, 0.15) is 46.1 Å². The third kappa shape index (κ3) is 3.01. The van der Waals surface area contributed by atoms with Crippen LogP contribution >= 0.6 is 0 Å². The van der Waals surface area contributed by atoms with Crippen LogP contribution in [0.2, 0.25) is 0 Å². The van der Waals surface area contributed by atoms with Crippen LogP contribution in [0.25, 0.3) is 0 Å². The summed E-state index contributed by atoms with van der Waals surface area (Å²) in [6.07, 6.45) is 1.66. The minimum Gasteiger partial charge on any atom is -0.493 e. The molecule has 0 saturated carbocycles. The normalized spacial score (nSPS) is 14.7. The van der Waals surface area contributed by atoms with Crippen molar-refractivity contribution in [2.45, 2.75) is 46.1 Å². The van der Waals surface area contributed by atoms with Gasteiger partial charge in [0.25, 0.3) is 0 Å². The molecule has 0 bridgehead atoms. The molecule has 2 nitrogen and oxygen atoms in total. The molecular weight excluding hydrogens is 212 g/mol. The van der Waals surface area contributed by atoms with Crippen molar-refractivity contribution in [3.05, 3.63) is 29.8 Å². The minimum absolute atomic E-state index is 0.166. The van der Waals surface area contributed by atoms with E-state index < -0.39 is 5.60 Å². The van der Waals surface area contributed by atoms with Crippen molar-refractivity contribution in [1.29, 1.82) is 0 Å². The third-order valence-electron chi connectivity index (χ3n) is 3.31. The molecule has 96 valence electrons. The lowest BCUT2D eigenvalue weighted by atomic mass is 9.81. The summed E-state index contributed by atoms with van der Waals surface area (Å²) in [7, 11) is 0. The number of benzene rings is 1. The maximum Gasteiger partial charge on any atom is 0.125 e. The summed E-state index contributed by atoms with van der Waals surface area (Å²) in [5.41, 5.74) is 0.107. The zero-order chi connectivity index (χ0) is 12.9. The van der Waals surface area contributed by atoms with Gasteiger partial charge in [0.2, 0.25) is 0 Å². The molecule has 0 saturated heterocycles. The summed E-state index contributed by atoms with van der Waals surface area (Å²) in [5.74, 6) is 0.978. The fourth-order valence-electron chi connectivity index (χ4n) is 2.07. The van der Waals surface area contributed by atoms with Crippen LogP contribution in [0.3, 0.4) is 0 Å². The van der Waals surface area contributed by atoms with Gasteiger partial charge in [-0.15, -0.1) is 0 Å². The highest BCUT2D eigenvalue weighted by molar-refractivity contribution is 5.38.